The summed E-state index contributed by atoms with van der Waals surface area (Å²) in [6, 6.07) is 11.5. The average Bonchev–Trinajstić information content (AvgIpc) is 2.45. The Morgan fingerprint density at radius 2 is 1.60 bits per heavy atom. The monoisotopic (exact) mass is 435 g/mol. The molecule has 0 radical (unpaired) electrons. The normalized spacial score (nSPS) is 13.0. The molecule has 0 heterocycles. The SMILES string of the molecule is CC(C)(NS(=O)(=O)Cc1cccc(C(F)(F)F)c1)c1ccc(Br)cc1. The fourth-order valence-corrected chi connectivity index (χ4v) is 4.26. The van der Waals surface area contributed by atoms with Crippen LogP contribution in [0.5, 0.6) is 0 Å². The van der Waals surface area contributed by atoms with Crippen molar-refractivity contribution in [2.24, 2.45) is 0 Å². The molecule has 136 valence electrons. The fourth-order valence-electron chi connectivity index (χ4n) is 2.41. The second-order valence-electron chi connectivity index (χ2n) is 6.19. The molecule has 0 aliphatic carbocycles. The third-order valence-corrected chi connectivity index (χ3v) is 5.65. The van der Waals surface area contributed by atoms with Crippen molar-refractivity contribution in [3.63, 3.8) is 0 Å². The Labute approximate surface area is 153 Å². The number of alkyl halides is 3. The molecule has 8 heteroatoms. The van der Waals surface area contributed by atoms with Crippen molar-refractivity contribution in [3.8, 4) is 0 Å². The van der Waals surface area contributed by atoms with Crippen LogP contribution in [0.1, 0.15) is 30.5 Å². The molecule has 0 unspecified atom stereocenters. The Hall–Kier alpha value is -1.38. The van der Waals surface area contributed by atoms with Gasteiger partial charge in [-0.25, -0.2) is 13.1 Å². The van der Waals surface area contributed by atoms with E-state index in [9.17, 15) is 21.6 Å². The van der Waals surface area contributed by atoms with E-state index in [4.69, 9.17) is 0 Å². The maximum Gasteiger partial charge on any atom is 0.416 e. The predicted molar refractivity (Wildman–Crippen MR) is 94.4 cm³/mol. The Morgan fingerprint density at radius 3 is 2.16 bits per heavy atom. The number of nitrogens with one attached hydrogen (secondary N) is 1. The Morgan fingerprint density at radius 1 is 1.00 bits per heavy atom. The van der Waals surface area contributed by atoms with Gasteiger partial charge in [0.1, 0.15) is 0 Å². The first-order valence-corrected chi connectivity index (χ1v) is 9.77. The number of hydrogen-bond donors (Lipinski definition) is 1. The number of benzene rings is 2. The van der Waals surface area contributed by atoms with Gasteiger partial charge in [-0.1, -0.05) is 46.3 Å². The molecule has 0 saturated heterocycles. The molecule has 0 saturated carbocycles. The molecule has 0 fully saturated rings. The number of hydrogen-bond acceptors (Lipinski definition) is 2. The Balaban J connectivity index is 2.20. The first-order valence-electron chi connectivity index (χ1n) is 7.33. The van der Waals surface area contributed by atoms with Gasteiger partial charge in [0.05, 0.1) is 16.9 Å². The summed E-state index contributed by atoms with van der Waals surface area (Å²) in [6.07, 6.45) is -4.51. The minimum absolute atomic E-state index is 0.0777. The molecule has 0 spiro atoms. The molecule has 3 nitrogen and oxygen atoms in total. The molecule has 0 aromatic heterocycles. The van der Waals surface area contributed by atoms with Crippen molar-refractivity contribution in [2.75, 3.05) is 0 Å². The molecule has 2 aromatic carbocycles. The molecule has 1 N–H and O–H groups in total. The highest BCUT2D eigenvalue weighted by molar-refractivity contribution is 9.10. The van der Waals surface area contributed by atoms with Crippen LogP contribution in [0.4, 0.5) is 13.2 Å². The van der Waals surface area contributed by atoms with E-state index < -0.39 is 33.1 Å². The second-order valence-corrected chi connectivity index (χ2v) is 8.83. The standard InChI is InChI=1S/C17H17BrF3NO2S/c1-16(2,13-6-8-15(18)9-7-13)22-25(23,24)11-12-4-3-5-14(10-12)17(19,20)21/h3-10,22H,11H2,1-2H3. The zero-order chi connectivity index (χ0) is 18.9. The van der Waals surface area contributed by atoms with E-state index in [-0.39, 0.29) is 5.56 Å². The van der Waals surface area contributed by atoms with Crippen LogP contribution in [-0.4, -0.2) is 8.42 Å². The van der Waals surface area contributed by atoms with Crippen LogP contribution in [0.15, 0.2) is 53.0 Å². The Kier molecular flexibility index (Phi) is 5.65. The van der Waals surface area contributed by atoms with Crippen LogP contribution < -0.4 is 4.72 Å². The van der Waals surface area contributed by atoms with Gasteiger partial charge in [-0.2, -0.15) is 13.2 Å². The van der Waals surface area contributed by atoms with Gasteiger partial charge < -0.3 is 0 Å². The maximum absolute atomic E-state index is 12.8. The van der Waals surface area contributed by atoms with Crippen LogP contribution >= 0.6 is 15.9 Å². The van der Waals surface area contributed by atoms with Crippen molar-refractivity contribution in [1.29, 1.82) is 0 Å². The molecular weight excluding hydrogens is 419 g/mol. The zero-order valence-corrected chi connectivity index (χ0v) is 16.0. The summed E-state index contributed by atoms with van der Waals surface area (Å²) in [4.78, 5) is 0. The highest BCUT2D eigenvalue weighted by Crippen LogP contribution is 2.30. The largest absolute Gasteiger partial charge is 0.416 e. The first-order chi connectivity index (χ1) is 11.4. The average molecular weight is 436 g/mol. The van der Waals surface area contributed by atoms with E-state index in [0.717, 1.165) is 22.2 Å². The topological polar surface area (TPSA) is 46.2 Å². The summed E-state index contributed by atoms with van der Waals surface area (Å²) in [6.45, 7) is 3.39. The lowest BCUT2D eigenvalue weighted by Crippen LogP contribution is -2.41. The molecular formula is C17H17BrF3NO2S. The van der Waals surface area contributed by atoms with Gasteiger partial charge in [-0.05, 0) is 43.2 Å². The number of rotatable bonds is 5. The summed E-state index contributed by atoms with van der Waals surface area (Å²) in [5.74, 6) is -0.531. The number of sulfonamides is 1. The van der Waals surface area contributed by atoms with Crippen molar-refractivity contribution >= 4 is 26.0 Å². The van der Waals surface area contributed by atoms with E-state index in [2.05, 4.69) is 20.7 Å². The van der Waals surface area contributed by atoms with E-state index in [1.807, 2.05) is 0 Å². The molecule has 0 bridgehead atoms. The molecule has 2 aromatic rings. The summed E-state index contributed by atoms with van der Waals surface area (Å²) in [5, 5.41) is 0. The third-order valence-electron chi connectivity index (χ3n) is 3.59. The van der Waals surface area contributed by atoms with E-state index in [1.54, 1.807) is 38.1 Å². The number of halogens is 4. The Bertz CT molecular complexity index is 847. The molecule has 0 aliphatic rings. The van der Waals surface area contributed by atoms with Crippen LogP contribution in [0.25, 0.3) is 0 Å². The van der Waals surface area contributed by atoms with Gasteiger partial charge in [-0.3, -0.25) is 0 Å². The van der Waals surface area contributed by atoms with Crippen LogP contribution in [0, 0.1) is 0 Å². The van der Waals surface area contributed by atoms with Crippen LogP contribution in [0.3, 0.4) is 0 Å². The lowest BCUT2D eigenvalue weighted by molar-refractivity contribution is -0.137. The summed E-state index contributed by atoms with van der Waals surface area (Å²) >= 11 is 3.31. The van der Waals surface area contributed by atoms with E-state index in [1.165, 1.54) is 12.1 Å². The molecule has 25 heavy (non-hydrogen) atoms. The highest BCUT2D eigenvalue weighted by Gasteiger charge is 2.31. The minimum Gasteiger partial charge on any atom is -0.212 e. The van der Waals surface area contributed by atoms with Crippen molar-refractivity contribution in [3.05, 3.63) is 69.7 Å². The van der Waals surface area contributed by atoms with Gasteiger partial charge in [0.2, 0.25) is 10.0 Å². The summed E-state index contributed by atoms with van der Waals surface area (Å²) in [7, 11) is -3.84. The van der Waals surface area contributed by atoms with Crippen molar-refractivity contribution in [2.45, 2.75) is 31.3 Å². The van der Waals surface area contributed by atoms with E-state index in [0.29, 0.717) is 0 Å². The van der Waals surface area contributed by atoms with Crippen LogP contribution in [-0.2, 0) is 27.5 Å². The smallest absolute Gasteiger partial charge is 0.212 e. The summed E-state index contributed by atoms with van der Waals surface area (Å²) < 4.78 is 66.5. The fraction of sp³-hybridized carbons (Fsp3) is 0.294. The molecule has 0 atom stereocenters. The first kappa shape index (κ1) is 19.9. The highest BCUT2D eigenvalue weighted by atomic mass is 79.9. The predicted octanol–water partition coefficient (Wildman–Crippen LogP) is 4.82. The van der Waals surface area contributed by atoms with Gasteiger partial charge in [0.25, 0.3) is 0 Å². The lowest BCUT2D eigenvalue weighted by Gasteiger charge is -2.26. The van der Waals surface area contributed by atoms with Gasteiger partial charge in [0.15, 0.2) is 0 Å². The molecule has 0 aliphatic heterocycles. The van der Waals surface area contributed by atoms with E-state index >= 15 is 0 Å². The zero-order valence-electron chi connectivity index (χ0n) is 13.6. The minimum atomic E-state index is -4.51. The van der Waals surface area contributed by atoms with Gasteiger partial charge in [0, 0.05) is 4.47 Å². The maximum atomic E-state index is 12.8. The molecule has 0 amide bonds. The van der Waals surface area contributed by atoms with Crippen molar-refractivity contribution < 1.29 is 21.6 Å². The summed E-state index contributed by atoms with van der Waals surface area (Å²) in [5.41, 5.74) is -0.953. The van der Waals surface area contributed by atoms with Crippen molar-refractivity contribution in [1.82, 2.24) is 4.72 Å². The lowest BCUT2D eigenvalue weighted by atomic mass is 9.96. The quantitative estimate of drug-likeness (QED) is 0.731. The molecule has 2 rings (SSSR count). The third kappa shape index (κ3) is 5.55. The van der Waals surface area contributed by atoms with Gasteiger partial charge in [-0.15, -0.1) is 0 Å². The second kappa shape index (κ2) is 7.09. The van der Waals surface area contributed by atoms with Gasteiger partial charge >= 0.3 is 6.18 Å². The van der Waals surface area contributed by atoms with Crippen LogP contribution in [0.2, 0.25) is 0 Å².